The Morgan fingerprint density at radius 1 is 0.467 bits per heavy atom. The van der Waals surface area contributed by atoms with Crippen molar-refractivity contribution in [1.82, 2.24) is 15.0 Å². The summed E-state index contributed by atoms with van der Waals surface area (Å²) in [4.78, 5) is 14.1. The van der Waals surface area contributed by atoms with Gasteiger partial charge < -0.3 is 4.42 Å². The van der Waals surface area contributed by atoms with Crippen molar-refractivity contribution < 1.29 is 26.3 Å². The fourth-order valence-electron chi connectivity index (χ4n) is 5.52. The molecule has 0 unspecified atom stereocenters. The Balaban J connectivity index is 1.51. The number of hydrogen-bond donors (Lipinski definition) is 0. The molecule has 0 aliphatic carbocycles. The lowest BCUT2D eigenvalue weighted by atomic mass is 9.96. The molecule has 0 saturated carbocycles. The van der Waals surface area contributed by atoms with Gasteiger partial charge in [-0.05, 0) is 51.3 Å². The van der Waals surface area contributed by atoms with Gasteiger partial charge in [-0.2, -0.15) is 0 Å². The van der Waals surface area contributed by atoms with Crippen LogP contribution < -0.4 is 0 Å². The van der Waals surface area contributed by atoms with E-state index in [4.69, 9.17) is 33.6 Å². The van der Waals surface area contributed by atoms with E-state index in [9.17, 15) is 2.74 Å². The summed E-state index contributed by atoms with van der Waals surface area (Å²) in [5.41, 5.74) is -2.30. The lowest BCUT2D eigenvalue weighted by molar-refractivity contribution is 0.670. The molecule has 0 bridgehead atoms. The maximum atomic E-state index is 9.57. The zero-order valence-corrected chi connectivity index (χ0v) is 22.9. The molecule has 2 aromatic heterocycles. The highest BCUT2D eigenvalue weighted by atomic mass is 16.3. The molecule has 210 valence electrons. The van der Waals surface area contributed by atoms with E-state index >= 15 is 0 Å². The number of rotatable bonds is 4. The van der Waals surface area contributed by atoms with Crippen LogP contribution in [0.5, 0.6) is 0 Å². The van der Waals surface area contributed by atoms with E-state index in [0.717, 1.165) is 16.2 Å². The van der Waals surface area contributed by atoms with Gasteiger partial charge in [0.25, 0.3) is 0 Å². The van der Waals surface area contributed by atoms with E-state index in [1.54, 1.807) is 12.1 Å². The number of aromatic nitrogens is 3. The van der Waals surface area contributed by atoms with Crippen LogP contribution in [-0.2, 0) is 0 Å². The molecule has 45 heavy (non-hydrogen) atoms. The van der Waals surface area contributed by atoms with E-state index < -0.39 is 136 Å². The van der Waals surface area contributed by atoms with Crippen LogP contribution in [0, 0.1) is 0 Å². The molecule has 0 aliphatic heterocycles. The van der Waals surface area contributed by atoms with Gasteiger partial charge in [-0.3, -0.25) is 0 Å². The minimum absolute atomic E-state index is 0.0998. The van der Waals surface area contributed by atoms with Gasteiger partial charge in [-0.25, -0.2) is 15.0 Å². The summed E-state index contributed by atoms with van der Waals surface area (Å²) in [7, 11) is 0. The lowest BCUT2D eigenvalue weighted by Gasteiger charge is -2.13. The lowest BCUT2D eigenvalue weighted by Crippen LogP contribution is -2.01. The maximum absolute atomic E-state index is 9.57. The number of hydrogen-bond acceptors (Lipinski definition) is 4. The smallest absolute Gasteiger partial charge is 0.164 e. The van der Waals surface area contributed by atoms with Crippen LogP contribution in [0.2, 0.25) is 0 Å². The van der Waals surface area contributed by atoms with Crippen LogP contribution in [0.15, 0.2) is 156 Å². The predicted molar refractivity (Wildman–Crippen MR) is 184 cm³/mol. The quantitative estimate of drug-likeness (QED) is 0.191. The number of nitrogens with zero attached hydrogens (tertiary/aromatic N) is 3. The second-order valence-electron chi connectivity index (χ2n) is 10.0. The van der Waals surface area contributed by atoms with Gasteiger partial charge in [0.05, 0.1) is 21.9 Å². The number of benzene rings is 7. The normalized spacial score (nSPS) is 16.5. The van der Waals surface area contributed by atoms with Crippen LogP contribution in [0.25, 0.3) is 88.8 Å². The molecule has 9 aromatic rings. The minimum atomic E-state index is -0.757. The summed E-state index contributed by atoms with van der Waals surface area (Å²) in [5.74, 6) is -0.967. The summed E-state index contributed by atoms with van der Waals surface area (Å²) >= 11 is 0. The van der Waals surface area contributed by atoms with Gasteiger partial charge >= 0.3 is 0 Å². The van der Waals surface area contributed by atoms with Crippen LogP contribution in [0.4, 0.5) is 0 Å². The maximum Gasteiger partial charge on any atom is 0.164 e. The van der Waals surface area contributed by atoms with Gasteiger partial charge in [0.2, 0.25) is 0 Å². The number of para-hydroxylation sites is 1. The average Bonchev–Trinajstić information content (AvgIpc) is 3.65. The van der Waals surface area contributed by atoms with E-state index in [0.29, 0.717) is 10.9 Å². The molecule has 0 radical (unpaired) electrons. The van der Waals surface area contributed by atoms with E-state index in [1.807, 2.05) is 42.5 Å². The fourth-order valence-corrected chi connectivity index (χ4v) is 5.52. The van der Waals surface area contributed by atoms with Crippen molar-refractivity contribution in [3.05, 3.63) is 151 Å². The molecule has 0 fully saturated rings. The summed E-state index contributed by atoms with van der Waals surface area (Å²) < 4.78 is 145. The second-order valence-corrected chi connectivity index (χ2v) is 10.0. The van der Waals surface area contributed by atoms with Crippen LogP contribution in [0.1, 0.15) is 21.9 Å². The van der Waals surface area contributed by atoms with Crippen molar-refractivity contribution in [2.24, 2.45) is 0 Å². The van der Waals surface area contributed by atoms with Crippen molar-refractivity contribution in [1.29, 1.82) is 0 Å². The fraction of sp³-hybridized carbons (Fsp3) is 0. The van der Waals surface area contributed by atoms with Gasteiger partial charge in [0.15, 0.2) is 17.5 Å². The molecule has 0 spiro atoms. The van der Waals surface area contributed by atoms with Crippen LogP contribution >= 0.6 is 0 Å². The number of furan rings is 1. The zero-order valence-electron chi connectivity index (χ0n) is 38.9. The summed E-state index contributed by atoms with van der Waals surface area (Å²) in [5, 5.41) is 2.50. The zero-order chi connectivity index (χ0) is 43.7. The largest absolute Gasteiger partial charge is 0.455 e. The molecule has 7 aromatic carbocycles. The first-order valence-electron chi connectivity index (χ1n) is 21.7. The van der Waals surface area contributed by atoms with Crippen LogP contribution in [0.3, 0.4) is 0 Å². The third-order valence-electron chi connectivity index (χ3n) is 7.47. The molecule has 9 rings (SSSR count). The van der Waals surface area contributed by atoms with Crippen molar-refractivity contribution in [2.75, 3.05) is 0 Å². The Hall–Kier alpha value is -6.13. The monoisotopic (exact) mass is 591 g/mol. The van der Waals surface area contributed by atoms with E-state index in [1.165, 1.54) is 0 Å². The first kappa shape index (κ1) is 14.1. The third-order valence-corrected chi connectivity index (χ3v) is 7.47. The molecular weight excluding hydrogens is 550 g/mol. The Labute approximate surface area is 281 Å². The van der Waals surface area contributed by atoms with Crippen molar-refractivity contribution in [3.63, 3.8) is 0 Å². The van der Waals surface area contributed by atoms with Gasteiger partial charge in [0, 0.05) is 33.0 Å². The topological polar surface area (TPSA) is 51.8 Å². The number of fused-ring (bicyclic) bond motifs is 6. The first-order chi connectivity index (χ1) is 29.0. The molecule has 0 N–H and O–H groups in total. The summed E-state index contributed by atoms with van der Waals surface area (Å²) in [6.45, 7) is 0. The third kappa shape index (κ3) is 4.19. The highest BCUT2D eigenvalue weighted by Gasteiger charge is 2.21. The Bertz CT molecular complexity index is 3400. The molecule has 4 nitrogen and oxygen atoms in total. The van der Waals surface area contributed by atoms with Crippen molar-refractivity contribution >= 4 is 43.5 Å². The molecule has 2 heterocycles. The van der Waals surface area contributed by atoms with E-state index in [2.05, 4.69) is 4.98 Å². The minimum Gasteiger partial charge on any atom is -0.455 e. The summed E-state index contributed by atoms with van der Waals surface area (Å²) in [6.07, 6.45) is 0. The molecular formula is C41H25N3O. The molecule has 0 amide bonds. The molecule has 0 saturated heterocycles. The van der Waals surface area contributed by atoms with Gasteiger partial charge in [-0.1, -0.05) is 127 Å². The SMILES string of the molecule is [2H]c1c([2H])c([2H])c(-c2nc(-c3cc4ccccc4c4ccccc34)nc(-c3c([2H])c([2H])c(-c4c([2H])c([2H])c([2H])c([2H])c4[2H])c4oc5c([2H])c([2H])c([2H])c([2H])c5c34)n2)c([2H])c1[2H]. The molecule has 0 atom stereocenters. The second kappa shape index (κ2) is 10.2. The molecule has 0 aliphatic rings. The predicted octanol–water partition coefficient (Wildman–Crippen LogP) is 10.7. The Kier molecular flexibility index (Phi) is 3.21. The molecule has 4 heteroatoms. The first-order valence-corrected chi connectivity index (χ1v) is 13.7. The van der Waals surface area contributed by atoms with Gasteiger partial charge in [0.1, 0.15) is 11.2 Å². The summed E-state index contributed by atoms with van der Waals surface area (Å²) in [6, 6.07) is 5.38. The Morgan fingerprint density at radius 2 is 1.07 bits per heavy atom. The van der Waals surface area contributed by atoms with E-state index in [-0.39, 0.29) is 22.2 Å². The van der Waals surface area contributed by atoms with Gasteiger partial charge in [-0.15, -0.1) is 0 Å². The van der Waals surface area contributed by atoms with Crippen molar-refractivity contribution in [3.8, 4) is 45.3 Å². The Morgan fingerprint density at radius 3 is 1.87 bits per heavy atom. The van der Waals surface area contributed by atoms with Crippen molar-refractivity contribution in [2.45, 2.75) is 0 Å². The average molecular weight is 592 g/mol. The standard InChI is InChI=1S/C41H25N3O/c1-3-13-26(14-4-1)30-23-24-34(37-33-21-11-12-22-36(33)45-38(30)37)40-42-39(27-15-5-2-6-16-27)43-41(44-40)35-25-28-17-7-8-18-29(28)31-19-9-10-20-32(31)35/h1-25H/i1D,2D,3D,4D,5D,6D,11D,12D,13D,14D,15D,16D,21D,22D,23D,24D. The van der Waals surface area contributed by atoms with Crippen LogP contribution in [-0.4, -0.2) is 15.0 Å². The highest BCUT2D eigenvalue weighted by Crippen LogP contribution is 2.42. The highest BCUT2D eigenvalue weighted by molar-refractivity contribution is 6.16.